The number of fused-ring (bicyclic) bond motifs is 7. The number of hydrogen-bond acceptors (Lipinski definition) is 4. The number of hydrogen-bond donors (Lipinski definition) is 0. The van der Waals surface area contributed by atoms with Crippen molar-refractivity contribution in [1.82, 2.24) is 19.5 Å². The first kappa shape index (κ1) is 31.8. The molecule has 0 amide bonds. The molecule has 11 rings (SSSR count). The Morgan fingerprint density at radius 3 is 1.73 bits per heavy atom. The Labute approximate surface area is 323 Å². The molecule has 0 radical (unpaired) electrons. The van der Waals surface area contributed by atoms with E-state index in [1.54, 1.807) is 0 Å². The van der Waals surface area contributed by atoms with Crippen LogP contribution in [0.2, 0.25) is 0 Å². The minimum absolute atomic E-state index is 0.133. The van der Waals surface area contributed by atoms with Gasteiger partial charge in [-0.3, -0.25) is 0 Å². The summed E-state index contributed by atoms with van der Waals surface area (Å²) in [5.41, 5.74) is 12.5. The topological polar surface area (TPSA) is 43.6 Å². The van der Waals surface area contributed by atoms with Crippen LogP contribution in [0.3, 0.4) is 0 Å². The fraction of sp³-hybridized carbons (Fsp3) is 0.0600. The zero-order chi connectivity index (χ0) is 36.7. The van der Waals surface area contributed by atoms with E-state index in [9.17, 15) is 0 Å². The molecule has 0 saturated heterocycles. The average molecular weight is 723 g/mol. The van der Waals surface area contributed by atoms with E-state index in [4.69, 9.17) is 15.0 Å². The molecule has 1 aliphatic rings. The second-order valence-electron chi connectivity index (χ2n) is 14.8. The number of benzene rings is 7. The number of nitrogens with zero attached hydrogens (tertiary/aromatic N) is 4. The maximum Gasteiger partial charge on any atom is 0.164 e. The van der Waals surface area contributed by atoms with E-state index in [0.717, 1.165) is 22.4 Å². The molecule has 260 valence electrons. The van der Waals surface area contributed by atoms with Crippen molar-refractivity contribution >= 4 is 43.2 Å². The highest BCUT2D eigenvalue weighted by Crippen LogP contribution is 2.51. The van der Waals surface area contributed by atoms with Crippen molar-refractivity contribution < 1.29 is 0 Å². The average Bonchev–Trinajstić information content (AvgIpc) is 3.90. The fourth-order valence-electron chi connectivity index (χ4n) is 8.56. The molecule has 3 heterocycles. The predicted octanol–water partition coefficient (Wildman–Crippen LogP) is 13.2. The summed E-state index contributed by atoms with van der Waals surface area (Å²) in [5, 5.41) is 3.75. The molecule has 0 aliphatic heterocycles. The minimum atomic E-state index is -0.133. The van der Waals surface area contributed by atoms with E-state index in [2.05, 4.69) is 188 Å². The Balaban J connectivity index is 1.06. The Kier molecular flexibility index (Phi) is 7.04. The Morgan fingerprint density at radius 2 is 1.02 bits per heavy atom. The Bertz CT molecular complexity index is 3030. The molecule has 0 unspecified atom stereocenters. The van der Waals surface area contributed by atoms with Gasteiger partial charge in [-0.1, -0.05) is 135 Å². The van der Waals surface area contributed by atoms with Crippen LogP contribution in [-0.4, -0.2) is 19.5 Å². The molecular weight excluding hydrogens is 689 g/mol. The van der Waals surface area contributed by atoms with Crippen LogP contribution in [0.4, 0.5) is 0 Å². The Hall–Kier alpha value is -6.69. The van der Waals surface area contributed by atoms with Gasteiger partial charge in [0, 0.05) is 48.1 Å². The number of para-hydroxylation sites is 2. The van der Waals surface area contributed by atoms with Crippen molar-refractivity contribution in [1.29, 1.82) is 0 Å². The summed E-state index contributed by atoms with van der Waals surface area (Å²) < 4.78 is 3.63. The van der Waals surface area contributed by atoms with Crippen LogP contribution < -0.4 is 0 Å². The molecule has 0 bridgehead atoms. The van der Waals surface area contributed by atoms with E-state index >= 15 is 0 Å². The lowest BCUT2D eigenvalue weighted by Crippen LogP contribution is -2.14. The normalized spacial score (nSPS) is 13.1. The Morgan fingerprint density at radius 1 is 0.473 bits per heavy atom. The molecule has 7 aromatic carbocycles. The van der Waals surface area contributed by atoms with Gasteiger partial charge in [-0.25, -0.2) is 15.0 Å². The molecule has 5 heteroatoms. The predicted molar refractivity (Wildman–Crippen MR) is 229 cm³/mol. The fourth-order valence-corrected chi connectivity index (χ4v) is 9.63. The van der Waals surface area contributed by atoms with Gasteiger partial charge in [0.05, 0.1) is 11.0 Å². The molecule has 0 fully saturated rings. The van der Waals surface area contributed by atoms with Gasteiger partial charge in [0.25, 0.3) is 0 Å². The van der Waals surface area contributed by atoms with Crippen LogP contribution in [0.5, 0.6) is 0 Å². The first-order valence-electron chi connectivity index (χ1n) is 18.7. The van der Waals surface area contributed by atoms with E-state index < -0.39 is 0 Å². The highest BCUT2D eigenvalue weighted by Gasteiger charge is 2.37. The van der Waals surface area contributed by atoms with Crippen LogP contribution in [-0.2, 0) is 5.41 Å². The third-order valence-corrected chi connectivity index (χ3v) is 12.5. The smallest absolute Gasteiger partial charge is 0.164 e. The molecule has 3 aromatic heterocycles. The standard InChI is InChI=1S/C50H34N4S/c1-50(2)40-17-7-4-15-38(40)46-39(16-11-18-41(46)50)49-52-47(32-24-22-31(23-25-32)45-30-34-12-3-10-21-44(34)55-45)51-48(53-49)33-26-28-35(29-27-33)54-42-19-8-5-13-36(42)37-14-6-9-20-43(37)54/h3-30H,1-2H3. The molecule has 1 aliphatic carbocycles. The summed E-state index contributed by atoms with van der Waals surface area (Å²) in [4.78, 5) is 16.9. The number of aromatic nitrogens is 4. The highest BCUT2D eigenvalue weighted by molar-refractivity contribution is 7.22. The molecule has 0 N–H and O–H groups in total. The summed E-state index contributed by atoms with van der Waals surface area (Å²) in [7, 11) is 0. The molecule has 55 heavy (non-hydrogen) atoms. The van der Waals surface area contributed by atoms with Gasteiger partial charge in [-0.15, -0.1) is 11.3 Å². The van der Waals surface area contributed by atoms with Gasteiger partial charge < -0.3 is 4.57 Å². The molecule has 4 nitrogen and oxygen atoms in total. The van der Waals surface area contributed by atoms with Crippen molar-refractivity contribution in [3.05, 3.63) is 181 Å². The monoisotopic (exact) mass is 722 g/mol. The van der Waals surface area contributed by atoms with E-state index in [1.165, 1.54) is 64.6 Å². The van der Waals surface area contributed by atoms with E-state index in [0.29, 0.717) is 17.5 Å². The van der Waals surface area contributed by atoms with Crippen LogP contribution in [0.1, 0.15) is 25.0 Å². The van der Waals surface area contributed by atoms with Crippen molar-refractivity contribution in [3.63, 3.8) is 0 Å². The number of rotatable bonds is 5. The maximum atomic E-state index is 5.25. The van der Waals surface area contributed by atoms with E-state index in [-0.39, 0.29) is 5.41 Å². The lowest BCUT2D eigenvalue weighted by atomic mass is 9.82. The van der Waals surface area contributed by atoms with Crippen LogP contribution in [0, 0.1) is 0 Å². The second-order valence-corrected chi connectivity index (χ2v) is 15.9. The highest BCUT2D eigenvalue weighted by atomic mass is 32.1. The van der Waals surface area contributed by atoms with Crippen molar-refractivity contribution in [3.8, 4) is 61.4 Å². The summed E-state index contributed by atoms with van der Waals surface area (Å²) in [6, 6.07) is 60.6. The molecule has 0 atom stereocenters. The zero-order valence-electron chi connectivity index (χ0n) is 30.4. The lowest BCUT2D eigenvalue weighted by Gasteiger charge is -2.21. The van der Waals surface area contributed by atoms with Crippen LogP contribution >= 0.6 is 11.3 Å². The van der Waals surface area contributed by atoms with Gasteiger partial charge in [-0.05, 0) is 81.7 Å². The van der Waals surface area contributed by atoms with Gasteiger partial charge in [0.1, 0.15) is 0 Å². The zero-order valence-corrected chi connectivity index (χ0v) is 31.2. The third kappa shape index (κ3) is 5.00. The van der Waals surface area contributed by atoms with Gasteiger partial charge >= 0.3 is 0 Å². The largest absolute Gasteiger partial charge is 0.309 e. The van der Waals surface area contributed by atoms with Crippen molar-refractivity contribution in [2.24, 2.45) is 0 Å². The van der Waals surface area contributed by atoms with Crippen molar-refractivity contribution in [2.45, 2.75) is 19.3 Å². The van der Waals surface area contributed by atoms with Crippen LogP contribution in [0.15, 0.2) is 170 Å². The summed E-state index contributed by atoms with van der Waals surface area (Å²) in [6.45, 7) is 4.62. The SMILES string of the molecule is CC1(C)c2ccccc2-c2c(-c3nc(-c4ccc(-c5cc6ccccc6s5)cc4)nc(-c4ccc(-n5c6ccccc6c6ccccc65)cc4)n3)cccc21. The van der Waals surface area contributed by atoms with Gasteiger partial charge in [0.2, 0.25) is 0 Å². The van der Waals surface area contributed by atoms with E-state index in [1.807, 2.05) is 11.3 Å². The molecular formula is C50H34N4S. The minimum Gasteiger partial charge on any atom is -0.309 e. The molecule has 0 spiro atoms. The number of thiophene rings is 1. The second kappa shape index (κ2) is 12.2. The first-order valence-corrected chi connectivity index (χ1v) is 19.5. The van der Waals surface area contributed by atoms with Crippen LogP contribution in [0.25, 0.3) is 93.3 Å². The summed E-state index contributed by atoms with van der Waals surface area (Å²) in [6.07, 6.45) is 0. The molecule has 0 saturated carbocycles. The quantitative estimate of drug-likeness (QED) is 0.178. The third-order valence-electron chi connectivity index (χ3n) is 11.3. The van der Waals surface area contributed by atoms with Gasteiger partial charge in [0.15, 0.2) is 17.5 Å². The lowest BCUT2D eigenvalue weighted by molar-refractivity contribution is 0.660. The van der Waals surface area contributed by atoms with Crippen molar-refractivity contribution in [2.75, 3.05) is 0 Å². The summed E-state index contributed by atoms with van der Waals surface area (Å²) >= 11 is 1.82. The summed E-state index contributed by atoms with van der Waals surface area (Å²) in [5.74, 6) is 1.97. The first-order chi connectivity index (χ1) is 27.0. The maximum absolute atomic E-state index is 5.25. The molecule has 10 aromatic rings. The van der Waals surface area contributed by atoms with Gasteiger partial charge in [-0.2, -0.15) is 0 Å².